The van der Waals surface area contributed by atoms with Crippen LogP contribution in [-0.2, 0) is 0 Å². The van der Waals surface area contributed by atoms with E-state index in [0.29, 0.717) is 24.9 Å². The number of carbonyl (C=O) groups excluding carboxylic acids is 1. The van der Waals surface area contributed by atoms with Gasteiger partial charge in [-0.2, -0.15) is 0 Å². The van der Waals surface area contributed by atoms with E-state index in [1.54, 1.807) is 19.4 Å². The van der Waals surface area contributed by atoms with Crippen molar-refractivity contribution in [3.8, 4) is 11.5 Å². The number of nitrogens with one attached hydrogen (secondary N) is 2. The highest BCUT2D eigenvalue weighted by Gasteiger charge is 2.07. The summed E-state index contributed by atoms with van der Waals surface area (Å²) >= 11 is 0. The quantitative estimate of drug-likeness (QED) is 0.729. The van der Waals surface area contributed by atoms with Crippen LogP contribution in [0.3, 0.4) is 0 Å². The first-order chi connectivity index (χ1) is 11.6. The maximum atomic E-state index is 12.0. The molecule has 24 heavy (non-hydrogen) atoms. The summed E-state index contributed by atoms with van der Waals surface area (Å²) in [5.74, 6) is 1.29. The molecule has 1 aromatic heterocycles. The van der Waals surface area contributed by atoms with Crippen LogP contribution < -0.4 is 20.1 Å². The summed E-state index contributed by atoms with van der Waals surface area (Å²) in [6.45, 7) is 4.87. The summed E-state index contributed by atoms with van der Waals surface area (Å²) in [5.41, 5.74) is 1.28. The third kappa shape index (κ3) is 5.46. The number of anilines is 1. The number of hydrogen-bond donors (Lipinski definition) is 2. The third-order valence-electron chi connectivity index (χ3n) is 3.17. The van der Waals surface area contributed by atoms with Crippen LogP contribution in [0.5, 0.6) is 11.5 Å². The second-order valence-corrected chi connectivity index (χ2v) is 5.51. The van der Waals surface area contributed by atoms with Crippen LogP contribution >= 0.6 is 0 Å². The number of methoxy groups -OCH3 is 1. The topological polar surface area (TPSA) is 72.5 Å². The summed E-state index contributed by atoms with van der Waals surface area (Å²) in [6.07, 6.45) is 1.66. The first-order valence-electron chi connectivity index (χ1n) is 7.86. The first-order valence-corrected chi connectivity index (χ1v) is 7.86. The highest BCUT2D eigenvalue weighted by atomic mass is 16.5. The van der Waals surface area contributed by atoms with Gasteiger partial charge in [0.15, 0.2) is 0 Å². The van der Waals surface area contributed by atoms with Crippen molar-refractivity contribution in [3.63, 3.8) is 0 Å². The summed E-state index contributed by atoms with van der Waals surface area (Å²) in [5, 5.41) is 6.01. The molecule has 0 atom stereocenters. The van der Waals surface area contributed by atoms with Crippen molar-refractivity contribution in [1.29, 1.82) is 0 Å². The summed E-state index contributed by atoms with van der Waals surface area (Å²) in [6, 6.07) is 11.2. The number of hydrogen-bond acceptors (Lipinski definition) is 5. The molecule has 0 spiro atoms. The van der Waals surface area contributed by atoms with Gasteiger partial charge in [0.1, 0.15) is 23.8 Å². The Morgan fingerprint density at radius 1 is 1.12 bits per heavy atom. The molecule has 0 aliphatic carbocycles. The Labute approximate surface area is 142 Å². The predicted octanol–water partition coefficient (Wildman–Crippen LogP) is 2.72. The number of nitrogens with zero attached hydrogens (tertiary/aromatic N) is 1. The molecule has 0 saturated heterocycles. The fourth-order valence-electron chi connectivity index (χ4n) is 2.04. The SMILES string of the molecule is COc1ccc(OCCNC(=O)c2ccc(NC(C)C)cn2)cc1. The number of carbonyl (C=O) groups is 1. The molecule has 0 saturated carbocycles. The van der Waals surface area contributed by atoms with Crippen LogP contribution in [0.15, 0.2) is 42.6 Å². The molecule has 128 valence electrons. The van der Waals surface area contributed by atoms with Crippen LogP contribution in [0.1, 0.15) is 24.3 Å². The molecule has 2 N–H and O–H groups in total. The minimum atomic E-state index is -0.218. The van der Waals surface area contributed by atoms with Crippen molar-refractivity contribution >= 4 is 11.6 Å². The summed E-state index contributed by atoms with van der Waals surface area (Å²) < 4.78 is 10.6. The van der Waals surface area contributed by atoms with Gasteiger partial charge in [0.05, 0.1) is 25.5 Å². The maximum absolute atomic E-state index is 12.0. The molecule has 1 heterocycles. The Hall–Kier alpha value is -2.76. The van der Waals surface area contributed by atoms with E-state index < -0.39 is 0 Å². The van der Waals surface area contributed by atoms with Gasteiger partial charge in [-0.3, -0.25) is 4.79 Å². The lowest BCUT2D eigenvalue weighted by molar-refractivity contribution is 0.0942. The average Bonchev–Trinajstić information content (AvgIpc) is 2.59. The van der Waals surface area contributed by atoms with Crippen molar-refractivity contribution in [2.45, 2.75) is 19.9 Å². The molecule has 0 unspecified atom stereocenters. The normalized spacial score (nSPS) is 10.3. The first kappa shape index (κ1) is 17.6. The lowest BCUT2D eigenvalue weighted by atomic mass is 10.3. The number of amides is 1. The number of ether oxygens (including phenoxy) is 2. The van der Waals surface area contributed by atoms with Crippen LogP contribution in [0.25, 0.3) is 0 Å². The van der Waals surface area contributed by atoms with E-state index in [-0.39, 0.29) is 5.91 Å². The van der Waals surface area contributed by atoms with Gasteiger partial charge in [-0.25, -0.2) is 4.98 Å². The number of pyridine rings is 1. The average molecular weight is 329 g/mol. The van der Waals surface area contributed by atoms with E-state index in [9.17, 15) is 4.79 Å². The lowest BCUT2D eigenvalue weighted by Gasteiger charge is -2.10. The van der Waals surface area contributed by atoms with Crippen LogP contribution in [-0.4, -0.2) is 37.2 Å². The van der Waals surface area contributed by atoms with Gasteiger partial charge in [0.2, 0.25) is 0 Å². The summed E-state index contributed by atoms with van der Waals surface area (Å²) in [4.78, 5) is 16.2. The molecule has 0 aliphatic heterocycles. The highest BCUT2D eigenvalue weighted by molar-refractivity contribution is 5.92. The predicted molar refractivity (Wildman–Crippen MR) is 93.8 cm³/mol. The fraction of sp³-hybridized carbons (Fsp3) is 0.333. The molecule has 1 amide bonds. The Kier molecular flexibility index (Phi) is 6.42. The molecule has 0 radical (unpaired) electrons. The monoisotopic (exact) mass is 329 g/mol. The molecular weight excluding hydrogens is 306 g/mol. The van der Waals surface area contributed by atoms with E-state index >= 15 is 0 Å². The van der Waals surface area contributed by atoms with Gasteiger partial charge in [0.25, 0.3) is 5.91 Å². The van der Waals surface area contributed by atoms with Gasteiger partial charge in [-0.05, 0) is 50.2 Å². The zero-order valence-corrected chi connectivity index (χ0v) is 14.2. The van der Waals surface area contributed by atoms with E-state index in [1.807, 2.05) is 44.2 Å². The maximum Gasteiger partial charge on any atom is 0.269 e. The van der Waals surface area contributed by atoms with Crippen LogP contribution in [0.4, 0.5) is 5.69 Å². The smallest absolute Gasteiger partial charge is 0.269 e. The molecule has 0 aliphatic rings. The zero-order chi connectivity index (χ0) is 17.4. The second-order valence-electron chi connectivity index (χ2n) is 5.51. The van der Waals surface area contributed by atoms with Crippen molar-refractivity contribution in [3.05, 3.63) is 48.3 Å². The minimum Gasteiger partial charge on any atom is -0.497 e. The Balaban J connectivity index is 1.74. The molecule has 2 rings (SSSR count). The second kappa shape index (κ2) is 8.76. The van der Waals surface area contributed by atoms with Gasteiger partial charge in [-0.15, -0.1) is 0 Å². The van der Waals surface area contributed by atoms with E-state index in [1.165, 1.54) is 0 Å². The largest absolute Gasteiger partial charge is 0.497 e. The van der Waals surface area contributed by atoms with E-state index in [2.05, 4.69) is 15.6 Å². The van der Waals surface area contributed by atoms with Gasteiger partial charge < -0.3 is 20.1 Å². The molecule has 6 nitrogen and oxygen atoms in total. The number of benzene rings is 1. The molecule has 0 bridgehead atoms. The number of aromatic nitrogens is 1. The van der Waals surface area contributed by atoms with E-state index in [4.69, 9.17) is 9.47 Å². The summed E-state index contributed by atoms with van der Waals surface area (Å²) in [7, 11) is 1.62. The third-order valence-corrected chi connectivity index (χ3v) is 3.17. The molecule has 0 fully saturated rings. The zero-order valence-electron chi connectivity index (χ0n) is 14.2. The van der Waals surface area contributed by atoms with Crippen molar-refractivity contribution in [2.75, 3.05) is 25.6 Å². The molecule has 1 aromatic carbocycles. The van der Waals surface area contributed by atoms with Crippen LogP contribution in [0, 0.1) is 0 Å². The molecule has 6 heteroatoms. The van der Waals surface area contributed by atoms with Crippen LogP contribution in [0.2, 0.25) is 0 Å². The molecular formula is C18H23N3O3. The van der Waals surface area contributed by atoms with Crippen molar-refractivity contribution in [2.24, 2.45) is 0 Å². The Morgan fingerprint density at radius 3 is 2.42 bits per heavy atom. The minimum absolute atomic E-state index is 0.218. The Morgan fingerprint density at radius 2 is 1.83 bits per heavy atom. The standard InChI is InChI=1S/C18H23N3O3/c1-13(2)21-14-4-9-17(20-12-14)18(22)19-10-11-24-16-7-5-15(23-3)6-8-16/h4-9,12-13,21H,10-11H2,1-3H3,(H,19,22). The number of rotatable bonds is 8. The van der Waals surface area contributed by atoms with Gasteiger partial charge in [0, 0.05) is 6.04 Å². The highest BCUT2D eigenvalue weighted by Crippen LogP contribution is 2.16. The van der Waals surface area contributed by atoms with Crippen molar-refractivity contribution < 1.29 is 14.3 Å². The van der Waals surface area contributed by atoms with Crippen molar-refractivity contribution in [1.82, 2.24) is 10.3 Å². The Bertz CT molecular complexity index is 640. The van der Waals surface area contributed by atoms with Gasteiger partial charge in [-0.1, -0.05) is 0 Å². The molecule has 2 aromatic rings. The fourth-order valence-corrected chi connectivity index (χ4v) is 2.04. The van der Waals surface area contributed by atoms with Gasteiger partial charge >= 0.3 is 0 Å². The van der Waals surface area contributed by atoms with E-state index in [0.717, 1.165) is 17.2 Å². The lowest BCUT2D eigenvalue weighted by Crippen LogP contribution is -2.28.